The summed E-state index contributed by atoms with van der Waals surface area (Å²) in [5, 5.41) is 12.6. The van der Waals surface area contributed by atoms with Crippen molar-refractivity contribution < 1.29 is 0 Å². The van der Waals surface area contributed by atoms with Gasteiger partial charge in [0.15, 0.2) is 0 Å². The molecule has 1 aromatic heterocycles. The highest BCUT2D eigenvalue weighted by Gasteiger charge is 2.11. The first-order chi connectivity index (χ1) is 9.85. The minimum atomic E-state index is 0.786. The molecule has 20 heavy (non-hydrogen) atoms. The van der Waals surface area contributed by atoms with E-state index < -0.39 is 0 Å². The van der Waals surface area contributed by atoms with Crippen LogP contribution >= 0.6 is 0 Å². The van der Waals surface area contributed by atoms with Gasteiger partial charge in [0.2, 0.25) is 0 Å². The summed E-state index contributed by atoms with van der Waals surface area (Å²) in [5.74, 6) is 0. The van der Waals surface area contributed by atoms with E-state index in [1.54, 1.807) is 4.80 Å². The Balaban J connectivity index is 2.05. The lowest BCUT2D eigenvalue weighted by Gasteiger charge is -2.03. The van der Waals surface area contributed by atoms with Gasteiger partial charge in [-0.2, -0.15) is 15.0 Å². The Morgan fingerprint density at radius 2 is 1.85 bits per heavy atom. The monoisotopic (exact) mass is 272 g/mol. The van der Waals surface area contributed by atoms with Gasteiger partial charge in [-0.15, -0.1) is 0 Å². The summed E-state index contributed by atoms with van der Waals surface area (Å²) in [6.45, 7) is 6.91. The molecule has 4 heteroatoms. The van der Waals surface area contributed by atoms with Crippen molar-refractivity contribution in [3.63, 3.8) is 0 Å². The molecule has 0 saturated heterocycles. The predicted molar refractivity (Wildman–Crippen MR) is 82.4 cm³/mol. The van der Waals surface area contributed by atoms with E-state index in [4.69, 9.17) is 0 Å². The topological polar surface area (TPSA) is 42.7 Å². The van der Waals surface area contributed by atoms with Gasteiger partial charge >= 0.3 is 0 Å². The van der Waals surface area contributed by atoms with Crippen LogP contribution in [0.15, 0.2) is 30.3 Å². The molecule has 108 valence electrons. The normalized spacial score (nSPS) is 10.9. The maximum absolute atomic E-state index is 4.58. The highest BCUT2D eigenvalue weighted by atomic mass is 15.5. The van der Waals surface area contributed by atoms with Crippen molar-refractivity contribution in [2.45, 2.75) is 46.2 Å². The minimum absolute atomic E-state index is 0.786. The molecule has 0 aliphatic rings. The number of nitrogens with one attached hydrogen (secondary N) is 1. The molecule has 1 N–H and O–H groups in total. The molecule has 0 bridgehead atoms. The summed E-state index contributed by atoms with van der Waals surface area (Å²) >= 11 is 0. The molecule has 0 unspecified atom stereocenters. The number of aromatic nitrogens is 3. The molecule has 2 aromatic rings. The van der Waals surface area contributed by atoms with Gasteiger partial charge in [0.25, 0.3) is 0 Å². The lowest BCUT2D eigenvalue weighted by atomic mass is 10.1. The first-order valence-electron chi connectivity index (χ1n) is 7.55. The van der Waals surface area contributed by atoms with Crippen molar-refractivity contribution in [3.05, 3.63) is 36.0 Å². The van der Waals surface area contributed by atoms with Crippen LogP contribution in [0.5, 0.6) is 0 Å². The van der Waals surface area contributed by atoms with Crippen molar-refractivity contribution in [2.24, 2.45) is 0 Å². The number of nitrogens with zero attached hydrogens (tertiary/aromatic N) is 3. The molecule has 0 amide bonds. The lowest BCUT2D eigenvalue weighted by molar-refractivity contribution is 0.554. The summed E-state index contributed by atoms with van der Waals surface area (Å²) in [6.07, 6.45) is 3.75. The van der Waals surface area contributed by atoms with Gasteiger partial charge < -0.3 is 5.32 Å². The van der Waals surface area contributed by atoms with Crippen molar-refractivity contribution >= 4 is 0 Å². The van der Waals surface area contributed by atoms with Crippen LogP contribution in [-0.4, -0.2) is 21.5 Å². The van der Waals surface area contributed by atoms with Gasteiger partial charge in [-0.3, -0.25) is 0 Å². The summed E-state index contributed by atoms with van der Waals surface area (Å²) in [4.78, 5) is 1.77. The van der Waals surface area contributed by atoms with Crippen LogP contribution in [-0.2, 0) is 13.1 Å². The molecule has 1 heterocycles. The first kappa shape index (κ1) is 14.7. The van der Waals surface area contributed by atoms with Crippen LogP contribution < -0.4 is 5.32 Å². The van der Waals surface area contributed by atoms with Crippen LogP contribution in [0.2, 0.25) is 0 Å². The smallest absolute Gasteiger partial charge is 0.117 e. The second kappa shape index (κ2) is 7.80. The second-order valence-corrected chi connectivity index (χ2v) is 4.93. The largest absolute Gasteiger partial charge is 0.311 e. The van der Waals surface area contributed by atoms with Crippen molar-refractivity contribution in [1.29, 1.82) is 0 Å². The third kappa shape index (κ3) is 3.90. The first-order valence-corrected chi connectivity index (χ1v) is 7.55. The van der Waals surface area contributed by atoms with Gasteiger partial charge in [-0.25, -0.2) is 0 Å². The van der Waals surface area contributed by atoms with Gasteiger partial charge in [-0.1, -0.05) is 50.1 Å². The highest BCUT2D eigenvalue weighted by molar-refractivity contribution is 5.60. The molecular formula is C16H24N4. The minimum Gasteiger partial charge on any atom is -0.311 e. The van der Waals surface area contributed by atoms with Crippen LogP contribution in [0.25, 0.3) is 11.3 Å². The Kier molecular flexibility index (Phi) is 5.74. The van der Waals surface area contributed by atoms with Gasteiger partial charge in [0.05, 0.1) is 6.54 Å². The zero-order chi connectivity index (χ0) is 14.2. The van der Waals surface area contributed by atoms with E-state index in [9.17, 15) is 0 Å². The Morgan fingerprint density at radius 1 is 1.05 bits per heavy atom. The lowest BCUT2D eigenvalue weighted by Crippen LogP contribution is -2.15. The molecule has 1 aromatic carbocycles. The number of aryl methyl sites for hydroxylation is 1. The SMILES string of the molecule is CCCCCNCc1nn(CC)nc1-c1ccccc1. The van der Waals surface area contributed by atoms with E-state index >= 15 is 0 Å². The Morgan fingerprint density at radius 3 is 2.55 bits per heavy atom. The van der Waals surface area contributed by atoms with E-state index in [1.165, 1.54) is 19.3 Å². The fourth-order valence-electron chi connectivity index (χ4n) is 2.17. The van der Waals surface area contributed by atoms with Gasteiger partial charge in [0.1, 0.15) is 11.4 Å². The number of unbranched alkanes of at least 4 members (excludes halogenated alkanes) is 2. The zero-order valence-corrected chi connectivity index (χ0v) is 12.5. The predicted octanol–water partition coefficient (Wildman–Crippen LogP) is 3.24. The van der Waals surface area contributed by atoms with E-state index in [1.807, 2.05) is 18.2 Å². The summed E-state index contributed by atoms with van der Waals surface area (Å²) in [7, 11) is 0. The quantitative estimate of drug-likeness (QED) is 0.750. The molecule has 0 aliphatic heterocycles. The van der Waals surface area contributed by atoms with Crippen LogP contribution in [0.4, 0.5) is 0 Å². The fourth-order valence-corrected chi connectivity index (χ4v) is 2.17. The average molecular weight is 272 g/mol. The van der Waals surface area contributed by atoms with Crippen molar-refractivity contribution in [2.75, 3.05) is 6.54 Å². The maximum atomic E-state index is 4.58. The second-order valence-electron chi connectivity index (χ2n) is 4.93. The molecule has 0 saturated carbocycles. The van der Waals surface area contributed by atoms with Crippen LogP contribution in [0, 0.1) is 0 Å². The molecule has 4 nitrogen and oxygen atoms in total. The highest BCUT2D eigenvalue weighted by Crippen LogP contribution is 2.19. The zero-order valence-electron chi connectivity index (χ0n) is 12.5. The standard InChI is InChI=1S/C16H24N4/c1-3-5-9-12-17-13-15-16(19-20(4-2)18-15)14-10-7-6-8-11-14/h6-8,10-11,17H,3-5,9,12-13H2,1-2H3. The Labute approximate surface area is 121 Å². The Hall–Kier alpha value is -1.68. The van der Waals surface area contributed by atoms with Crippen LogP contribution in [0.3, 0.4) is 0 Å². The molecule has 0 fully saturated rings. The third-order valence-electron chi connectivity index (χ3n) is 3.30. The van der Waals surface area contributed by atoms with E-state index in [-0.39, 0.29) is 0 Å². The van der Waals surface area contributed by atoms with Crippen molar-refractivity contribution in [3.8, 4) is 11.3 Å². The van der Waals surface area contributed by atoms with Gasteiger partial charge in [-0.05, 0) is 19.9 Å². The maximum Gasteiger partial charge on any atom is 0.117 e. The van der Waals surface area contributed by atoms with Crippen molar-refractivity contribution in [1.82, 2.24) is 20.3 Å². The number of hydrogen-bond donors (Lipinski definition) is 1. The third-order valence-corrected chi connectivity index (χ3v) is 3.30. The molecule has 0 aliphatic carbocycles. The number of hydrogen-bond acceptors (Lipinski definition) is 3. The van der Waals surface area contributed by atoms with E-state index in [0.717, 1.165) is 36.6 Å². The summed E-state index contributed by atoms with van der Waals surface area (Å²) < 4.78 is 0. The average Bonchev–Trinajstić information content (AvgIpc) is 2.91. The van der Waals surface area contributed by atoms with Crippen LogP contribution in [0.1, 0.15) is 38.8 Å². The molecular weight excluding hydrogens is 248 g/mol. The molecule has 0 spiro atoms. The number of rotatable bonds is 8. The van der Waals surface area contributed by atoms with E-state index in [2.05, 4.69) is 41.5 Å². The fraction of sp³-hybridized carbons (Fsp3) is 0.500. The summed E-state index contributed by atoms with van der Waals surface area (Å²) in [6, 6.07) is 10.3. The van der Waals surface area contributed by atoms with Gasteiger partial charge in [0, 0.05) is 12.1 Å². The number of benzene rings is 1. The molecule has 2 rings (SSSR count). The Bertz CT molecular complexity index is 504. The summed E-state index contributed by atoms with van der Waals surface area (Å²) in [5.41, 5.74) is 3.17. The molecule has 0 radical (unpaired) electrons. The molecule has 0 atom stereocenters. The van der Waals surface area contributed by atoms with E-state index in [0.29, 0.717) is 0 Å².